The van der Waals surface area contributed by atoms with Gasteiger partial charge in [0.25, 0.3) is 0 Å². The predicted octanol–water partition coefficient (Wildman–Crippen LogP) is 5.76. The first-order chi connectivity index (χ1) is 20.6. The zero-order valence-electron chi connectivity index (χ0n) is 25.0. The molecule has 0 saturated carbocycles. The van der Waals surface area contributed by atoms with E-state index in [0.29, 0.717) is 35.5 Å². The fourth-order valence-electron chi connectivity index (χ4n) is 5.36. The normalized spacial score (nSPS) is 13.9. The number of anilines is 1. The summed E-state index contributed by atoms with van der Waals surface area (Å²) in [4.78, 5) is 38.2. The van der Waals surface area contributed by atoms with E-state index in [9.17, 15) is 9.59 Å². The summed E-state index contributed by atoms with van der Waals surface area (Å²) in [6, 6.07) is 19.7. The van der Waals surface area contributed by atoms with Crippen molar-refractivity contribution in [1.82, 2.24) is 24.5 Å². The number of fused-ring (bicyclic) bond motifs is 2. The van der Waals surface area contributed by atoms with Gasteiger partial charge in [0.05, 0.1) is 35.8 Å². The second-order valence-electron chi connectivity index (χ2n) is 11.6. The van der Waals surface area contributed by atoms with Crippen molar-refractivity contribution in [2.45, 2.75) is 33.3 Å². The number of carbonyl (C=O) groups is 2. The summed E-state index contributed by atoms with van der Waals surface area (Å²) >= 11 is 0. The smallest absolute Gasteiger partial charge is 0.410 e. The molecule has 5 aromatic rings. The van der Waals surface area contributed by atoms with Crippen molar-refractivity contribution < 1.29 is 19.1 Å². The molecule has 1 aliphatic heterocycles. The maximum atomic E-state index is 12.4. The van der Waals surface area contributed by atoms with E-state index in [1.165, 1.54) is 7.11 Å². The molecule has 0 aliphatic carbocycles. The summed E-state index contributed by atoms with van der Waals surface area (Å²) in [5, 5.41) is 5.71. The third-order valence-corrected chi connectivity index (χ3v) is 7.54. The number of hydrogen-bond donors (Lipinski definition) is 0. The van der Waals surface area contributed by atoms with Gasteiger partial charge in [0.15, 0.2) is 5.65 Å². The number of nitrogens with zero attached hydrogens (tertiary/aromatic N) is 6. The second-order valence-corrected chi connectivity index (χ2v) is 11.6. The van der Waals surface area contributed by atoms with Gasteiger partial charge in [-0.15, -0.1) is 0 Å². The van der Waals surface area contributed by atoms with Gasteiger partial charge in [-0.3, -0.25) is 0 Å². The molecule has 0 bridgehead atoms. The average molecular weight is 579 g/mol. The Labute approximate surface area is 249 Å². The largest absolute Gasteiger partial charge is 0.465 e. The van der Waals surface area contributed by atoms with Crippen LogP contribution >= 0.6 is 0 Å². The fourth-order valence-corrected chi connectivity index (χ4v) is 5.36. The Hall–Kier alpha value is -4.99. The highest BCUT2D eigenvalue weighted by molar-refractivity contribution is 6.03. The topological polar surface area (TPSA) is 102 Å². The number of rotatable bonds is 4. The molecule has 6 rings (SSSR count). The fraction of sp³-hybridized carbons (Fsp3) is 0.303. The lowest BCUT2D eigenvalue weighted by Gasteiger charge is -2.36. The SMILES string of the molecule is COC(=O)c1cccc2ccc(-c3cnc4cc(-c5ccc(N6CCN(C(=O)OC(C)(C)C)CC6)cc5)c(C)nn34)nc12. The number of pyridine rings is 1. The van der Waals surface area contributed by atoms with Gasteiger partial charge in [0.1, 0.15) is 11.3 Å². The molecule has 10 heteroatoms. The molecule has 0 unspecified atom stereocenters. The van der Waals surface area contributed by atoms with Crippen molar-refractivity contribution in [3.05, 3.63) is 78.1 Å². The van der Waals surface area contributed by atoms with E-state index in [0.717, 1.165) is 46.7 Å². The zero-order chi connectivity index (χ0) is 30.3. The molecule has 0 radical (unpaired) electrons. The summed E-state index contributed by atoms with van der Waals surface area (Å²) in [7, 11) is 1.36. The van der Waals surface area contributed by atoms with Crippen LogP contribution in [0.1, 0.15) is 36.8 Å². The van der Waals surface area contributed by atoms with Gasteiger partial charge in [-0.25, -0.2) is 24.1 Å². The predicted molar refractivity (Wildman–Crippen MR) is 165 cm³/mol. The minimum atomic E-state index is -0.499. The molecule has 0 spiro atoms. The number of methoxy groups -OCH3 is 1. The van der Waals surface area contributed by atoms with Crippen LogP contribution in [0.4, 0.5) is 10.5 Å². The van der Waals surface area contributed by atoms with Crippen molar-refractivity contribution in [3.8, 4) is 22.5 Å². The third kappa shape index (κ3) is 5.60. The van der Waals surface area contributed by atoms with Crippen LogP contribution in [-0.2, 0) is 9.47 Å². The molecular formula is C33H34N6O4. The summed E-state index contributed by atoms with van der Waals surface area (Å²) < 4.78 is 12.3. The van der Waals surface area contributed by atoms with Crippen LogP contribution in [0.3, 0.4) is 0 Å². The summed E-state index contributed by atoms with van der Waals surface area (Å²) in [5.74, 6) is -0.430. The van der Waals surface area contributed by atoms with Crippen LogP contribution in [0.15, 0.2) is 66.9 Å². The number of para-hydroxylation sites is 1. The lowest BCUT2D eigenvalue weighted by Crippen LogP contribution is -2.50. The van der Waals surface area contributed by atoms with E-state index < -0.39 is 11.6 Å². The molecule has 220 valence electrons. The van der Waals surface area contributed by atoms with E-state index in [4.69, 9.17) is 19.6 Å². The number of ether oxygens (including phenoxy) is 2. The molecule has 1 saturated heterocycles. The standard InChI is InChI=1S/C33H34N6O4/c1-21-26(22-9-12-24(13-10-22)37-15-17-38(18-16-37)32(41)43-33(2,3)4)19-29-34-20-28(39(29)36-21)27-14-11-23-7-6-8-25(30(23)35-27)31(40)42-5/h6-14,19-20H,15-18H2,1-5H3. The van der Waals surface area contributed by atoms with E-state index in [-0.39, 0.29) is 6.09 Å². The first kappa shape index (κ1) is 28.1. The quantitative estimate of drug-likeness (QED) is 0.248. The Morgan fingerprint density at radius 1 is 0.930 bits per heavy atom. The molecule has 43 heavy (non-hydrogen) atoms. The number of carbonyl (C=O) groups excluding carboxylic acids is 2. The summed E-state index contributed by atoms with van der Waals surface area (Å²) in [6.07, 6.45) is 1.49. The molecule has 3 aromatic heterocycles. The van der Waals surface area contributed by atoms with Crippen molar-refractivity contribution in [3.63, 3.8) is 0 Å². The maximum Gasteiger partial charge on any atom is 0.410 e. The monoisotopic (exact) mass is 578 g/mol. The van der Waals surface area contributed by atoms with Crippen molar-refractivity contribution in [2.24, 2.45) is 0 Å². The highest BCUT2D eigenvalue weighted by Crippen LogP contribution is 2.29. The third-order valence-electron chi connectivity index (χ3n) is 7.54. The van der Waals surface area contributed by atoms with Gasteiger partial charge in [-0.05, 0) is 63.6 Å². The Balaban J connectivity index is 1.22. The van der Waals surface area contributed by atoms with E-state index >= 15 is 0 Å². The summed E-state index contributed by atoms with van der Waals surface area (Å²) in [6.45, 7) is 10.4. The number of esters is 1. The van der Waals surface area contributed by atoms with Crippen LogP contribution in [0, 0.1) is 6.92 Å². The molecule has 1 fully saturated rings. The average Bonchev–Trinajstić information content (AvgIpc) is 3.41. The van der Waals surface area contributed by atoms with Crippen LogP contribution in [0.25, 0.3) is 39.1 Å². The zero-order valence-corrected chi connectivity index (χ0v) is 25.0. The van der Waals surface area contributed by atoms with E-state index in [2.05, 4.69) is 34.1 Å². The number of imidazole rings is 1. The Bertz CT molecular complexity index is 1830. The molecule has 1 amide bonds. The van der Waals surface area contributed by atoms with Crippen LogP contribution in [0.2, 0.25) is 0 Å². The molecule has 2 aromatic carbocycles. The van der Waals surface area contributed by atoms with Gasteiger partial charge in [0.2, 0.25) is 0 Å². The first-order valence-corrected chi connectivity index (χ1v) is 14.3. The van der Waals surface area contributed by atoms with Crippen molar-refractivity contribution >= 4 is 34.3 Å². The molecule has 4 heterocycles. The highest BCUT2D eigenvalue weighted by Gasteiger charge is 2.26. The molecule has 10 nitrogen and oxygen atoms in total. The van der Waals surface area contributed by atoms with Gasteiger partial charge in [-0.2, -0.15) is 5.10 Å². The van der Waals surface area contributed by atoms with Gasteiger partial charge in [-0.1, -0.05) is 30.3 Å². The number of aromatic nitrogens is 4. The van der Waals surface area contributed by atoms with Crippen LogP contribution in [0.5, 0.6) is 0 Å². The van der Waals surface area contributed by atoms with E-state index in [1.807, 2.05) is 58.0 Å². The number of amides is 1. The first-order valence-electron chi connectivity index (χ1n) is 14.3. The second kappa shape index (κ2) is 11.0. The molecule has 1 aliphatic rings. The van der Waals surface area contributed by atoms with Gasteiger partial charge in [0, 0.05) is 42.8 Å². The van der Waals surface area contributed by atoms with Gasteiger partial charge < -0.3 is 19.3 Å². The molecule has 0 atom stereocenters. The van der Waals surface area contributed by atoms with E-state index in [1.54, 1.807) is 21.7 Å². The summed E-state index contributed by atoms with van der Waals surface area (Å²) in [5.41, 5.74) is 6.56. The van der Waals surface area contributed by atoms with Gasteiger partial charge >= 0.3 is 12.1 Å². The Kier molecular flexibility index (Phi) is 7.21. The van der Waals surface area contributed by atoms with Crippen LogP contribution < -0.4 is 4.90 Å². The minimum absolute atomic E-state index is 0.259. The maximum absolute atomic E-state index is 12.4. The number of benzene rings is 2. The number of piperazine rings is 1. The number of aryl methyl sites for hydroxylation is 1. The highest BCUT2D eigenvalue weighted by atomic mass is 16.6. The van der Waals surface area contributed by atoms with Crippen molar-refractivity contribution in [2.75, 3.05) is 38.2 Å². The Morgan fingerprint density at radius 3 is 2.37 bits per heavy atom. The lowest BCUT2D eigenvalue weighted by atomic mass is 10.0. The minimum Gasteiger partial charge on any atom is -0.465 e. The van der Waals surface area contributed by atoms with Crippen molar-refractivity contribution in [1.29, 1.82) is 0 Å². The Morgan fingerprint density at radius 2 is 1.67 bits per heavy atom. The van der Waals surface area contributed by atoms with Crippen LogP contribution in [-0.4, -0.2) is 75.4 Å². The molecular weight excluding hydrogens is 544 g/mol. The lowest BCUT2D eigenvalue weighted by molar-refractivity contribution is 0.0240. The number of hydrogen-bond acceptors (Lipinski definition) is 8. The molecule has 0 N–H and O–H groups in total.